The molecule has 0 aliphatic heterocycles. The van der Waals surface area contributed by atoms with Gasteiger partial charge in [0.05, 0.1) is 0 Å². The van der Waals surface area contributed by atoms with Crippen LogP contribution in [0.2, 0.25) is 0 Å². The van der Waals surface area contributed by atoms with Gasteiger partial charge < -0.3 is 5.32 Å². The minimum Gasteiger partial charge on any atom is -0.307 e. The summed E-state index contributed by atoms with van der Waals surface area (Å²) >= 11 is 0. The fourth-order valence-corrected chi connectivity index (χ4v) is 3.82. The van der Waals surface area contributed by atoms with Gasteiger partial charge in [0.1, 0.15) is 0 Å². The second-order valence-electron chi connectivity index (χ2n) is 6.93. The molecule has 1 aromatic rings. The van der Waals surface area contributed by atoms with Crippen LogP contribution in [0.15, 0.2) is 30.3 Å². The molecular formula is C19H29N. The second-order valence-corrected chi connectivity index (χ2v) is 6.93. The summed E-state index contributed by atoms with van der Waals surface area (Å²) in [5, 5.41) is 3.99. The molecule has 1 aromatic carbocycles. The zero-order valence-corrected chi connectivity index (χ0v) is 12.9. The predicted octanol–water partition coefficient (Wildman–Crippen LogP) is 5.09. The first-order valence-corrected chi connectivity index (χ1v) is 8.65. The number of rotatable bonds is 5. The molecule has 1 unspecified atom stereocenters. The van der Waals surface area contributed by atoms with E-state index >= 15 is 0 Å². The van der Waals surface area contributed by atoms with E-state index in [0.29, 0.717) is 12.1 Å². The molecule has 3 rings (SSSR count). The lowest BCUT2D eigenvalue weighted by Gasteiger charge is -2.29. The lowest BCUT2D eigenvalue weighted by molar-refractivity contribution is 0.298. The number of hydrogen-bond acceptors (Lipinski definition) is 1. The summed E-state index contributed by atoms with van der Waals surface area (Å²) in [5.74, 6) is 1.77. The molecule has 0 bridgehead atoms. The quantitative estimate of drug-likeness (QED) is 0.736. The zero-order valence-electron chi connectivity index (χ0n) is 12.9. The summed E-state index contributed by atoms with van der Waals surface area (Å²) in [6, 6.07) is 12.4. The molecule has 0 saturated heterocycles. The highest BCUT2D eigenvalue weighted by atomic mass is 15.0. The molecule has 2 atom stereocenters. The highest BCUT2D eigenvalue weighted by Gasteiger charge is 2.34. The van der Waals surface area contributed by atoms with Gasteiger partial charge >= 0.3 is 0 Å². The monoisotopic (exact) mass is 271 g/mol. The summed E-state index contributed by atoms with van der Waals surface area (Å²) in [4.78, 5) is 0. The van der Waals surface area contributed by atoms with E-state index in [-0.39, 0.29) is 0 Å². The Morgan fingerprint density at radius 1 is 0.850 bits per heavy atom. The third kappa shape index (κ3) is 3.63. The molecule has 1 N–H and O–H groups in total. The van der Waals surface area contributed by atoms with Crippen molar-refractivity contribution in [1.29, 1.82) is 0 Å². The number of nitrogens with one attached hydrogen (secondary N) is 1. The van der Waals surface area contributed by atoms with Crippen LogP contribution in [0.1, 0.15) is 69.9 Å². The summed E-state index contributed by atoms with van der Waals surface area (Å²) in [7, 11) is 0. The highest BCUT2D eigenvalue weighted by Crippen LogP contribution is 2.41. The molecule has 2 fully saturated rings. The van der Waals surface area contributed by atoms with Crippen LogP contribution in [0.25, 0.3) is 0 Å². The van der Waals surface area contributed by atoms with Gasteiger partial charge in [0.15, 0.2) is 0 Å². The lowest BCUT2D eigenvalue weighted by atomic mass is 9.91. The van der Waals surface area contributed by atoms with E-state index in [1.165, 1.54) is 56.9 Å². The van der Waals surface area contributed by atoms with Gasteiger partial charge in [-0.05, 0) is 50.0 Å². The SMILES string of the molecule is C[C@@H](NC(c1ccccc1)C1CC1)C1CCCCCC1. The third-order valence-corrected chi connectivity index (χ3v) is 5.30. The van der Waals surface area contributed by atoms with Gasteiger partial charge in [0.25, 0.3) is 0 Å². The van der Waals surface area contributed by atoms with Gasteiger partial charge in [-0.2, -0.15) is 0 Å². The third-order valence-electron chi connectivity index (χ3n) is 5.30. The molecule has 0 radical (unpaired) electrons. The van der Waals surface area contributed by atoms with Crippen LogP contribution < -0.4 is 5.32 Å². The van der Waals surface area contributed by atoms with Gasteiger partial charge in [-0.15, -0.1) is 0 Å². The average Bonchev–Trinajstić information content (AvgIpc) is 3.31. The Morgan fingerprint density at radius 3 is 2.10 bits per heavy atom. The normalized spacial score (nSPS) is 24.1. The van der Waals surface area contributed by atoms with Gasteiger partial charge in [0, 0.05) is 12.1 Å². The maximum atomic E-state index is 3.99. The standard InChI is InChI=1S/C19H29N/c1-15(16-9-5-2-3-6-10-16)20-19(18-13-14-18)17-11-7-4-8-12-17/h4,7-8,11-12,15-16,18-20H,2-3,5-6,9-10,13-14H2,1H3/t15-,19?/m1/s1. The van der Waals surface area contributed by atoms with Crippen LogP contribution in [0, 0.1) is 11.8 Å². The molecule has 2 saturated carbocycles. The van der Waals surface area contributed by atoms with E-state index < -0.39 is 0 Å². The number of benzene rings is 1. The Labute approximate surface area is 124 Å². The van der Waals surface area contributed by atoms with E-state index in [0.717, 1.165) is 11.8 Å². The summed E-state index contributed by atoms with van der Waals surface area (Å²) in [5.41, 5.74) is 1.50. The first kappa shape index (κ1) is 14.1. The Morgan fingerprint density at radius 2 is 1.50 bits per heavy atom. The average molecular weight is 271 g/mol. The van der Waals surface area contributed by atoms with Crippen molar-refractivity contribution in [3.63, 3.8) is 0 Å². The molecule has 110 valence electrons. The minimum absolute atomic E-state index is 0.592. The van der Waals surface area contributed by atoms with Crippen LogP contribution in [-0.4, -0.2) is 6.04 Å². The molecule has 0 amide bonds. The topological polar surface area (TPSA) is 12.0 Å². The van der Waals surface area contributed by atoms with Crippen molar-refractivity contribution in [2.75, 3.05) is 0 Å². The Kier molecular flexibility index (Phi) is 4.77. The fourth-order valence-electron chi connectivity index (χ4n) is 3.82. The first-order chi connectivity index (χ1) is 9.84. The first-order valence-electron chi connectivity index (χ1n) is 8.65. The summed E-state index contributed by atoms with van der Waals surface area (Å²) in [6.07, 6.45) is 11.5. The van der Waals surface area contributed by atoms with E-state index in [2.05, 4.69) is 42.6 Å². The molecular weight excluding hydrogens is 242 g/mol. The van der Waals surface area contributed by atoms with Crippen LogP contribution in [-0.2, 0) is 0 Å². The van der Waals surface area contributed by atoms with Gasteiger partial charge in [-0.25, -0.2) is 0 Å². The molecule has 1 nitrogen and oxygen atoms in total. The maximum Gasteiger partial charge on any atom is 0.0351 e. The Bertz CT molecular complexity index is 387. The van der Waals surface area contributed by atoms with Gasteiger partial charge in [-0.1, -0.05) is 56.0 Å². The van der Waals surface area contributed by atoms with Crippen molar-refractivity contribution in [2.24, 2.45) is 11.8 Å². The van der Waals surface area contributed by atoms with E-state index in [1.54, 1.807) is 0 Å². The van der Waals surface area contributed by atoms with Crippen molar-refractivity contribution in [3.8, 4) is 0 Å². The summed E-state index contributed by atoms with van der Waals surface area (Å²) < 4.78 is 0. The molecule has 2 aliphatic carbocycles. The van der Waals surface area contributed by atoms with E-state index in [1.807, 2.05) is 0 Å². The van der Waals surface area contributed by atoms with Gasteiger partial charge in [-0.3, -0.25) is 0 Å². The van der Waals surface area contributed by atoms with Crippen LogP contribution in [0.3, 0.4) is 0 Å². The maximum absolute atomic E-state index is 3.99. The number of hydrogen-bond donors (Lipinski definition) is 1. The van der Waals surface area contributed by atoms with Crippen molar-refractivity contribution in [3.05, 3.63) is 35.9 Å². The van der Waals surface area contributed by atoms with E-state index in [9.17, 15) is 0 Å². The highest BCUT2D eigenvalue weighted by molar-refractivity contribution is 5.21. The fraction of sp³-hybridized carbons (Fsp3) is 0.684. The summed E-state index contributed by atoms with van der Waals surface area (Å²) in [6.45, 7) is 2.42. The van der Waals surface area contributed by atoms with Gasteiger partial charge in [0.2, 0.25) is 0 Å². The predicted molar refractivity (Wildman–Crippen MR) is 85.7 cm³/mol. The van der Waals surface area contributed by atoms with Crippen molar-refractivity contribution >= 4 is 0 Å². The molecule has 0 heterocycles. The Hall–Kier alpha value is -0.820. The van der Waals surface area contributed by atoms with Crippen molar-refractivity contribution in [2.45, 2.75) is 70.4 Å². The van der Waals surface area contributed by atoms with Crippen LogP contribution >= 0.6 is 0 Å². The minimum atomic E-state index is 0.592. The second kappa shape index (κ2) is 6.76. The Balaban J connectivity index is 1.64. The molecule has 0 aromatic heterocycles. The zero-order chi connectivity index (χ0) is 13.8. The van der Waals surface area contributed by atoms with E-state index in [4.69, 9.17) is 0 Å². The molecule has 0 spiro atoms. The smallest absolute Gasteiger partial charge is 0.0351 e. The molecule has 1 heteroatoms. The van der Waals surface area contributed by atoms with Crippen LogP contribution in [0.5, 0.6) is 0 Å². The molecule has 20 heavy (non-hydrogen) atoms. The lowest BCUT2D eigenvalue weighted by Crippen LogP contribution is -2.37. The van der Waals surface area contributed by atoms with Crippen LogP contribution in [0.4, 0.5) is 0 Å². The van der Waals surface area contributed by atoms with Crippen molar-refractivity contribution in [1.82, 2.24) is 5.32 Å². The molecule has 2 aliphatic rings. The largest absolute Gasteiger partial charge is 0.307 e. The van der Waals surface area contributed by atoms with Crippen molar-refractivity contribution < 1.29 is 0 Å².